The summed E-state index contributed by atoms with van der Waals surface area (Å²) in [5.41, 5.74) is 4.76. The zero-order valence-corrected chi connectivity index (χ0v) is 20.0. The number of non-ortho nitro benzene ring substituents is 1. The predicted octanol–water partition coefficient (Wildman–Crippen LogP) is 6.31. The normalized spacial score (nSPS) is 16.5. The summed E-state index contributed by atoms with van der Waals surface area (Å²) in [7, 11) is 1.69. The van der Waals surface area contributed by atoms with E-state index in [1.54, 1.807) is 42.3 Å². The highest BCUT2D eigenvalue weighted by atomic mass is 32.2. The van der Waals surface area contributed by atoms with E-state index in [1.807, 2.05) is 24.3 Å². The molecule has 6 nitrogen and oxygen atoms in total. The Hall–Kier alpha value is -2.84. The van der Waals surface area contributed by atoms with Crippen molar-refractivity contribution in [3.63, 3.8) is 0 Å². The van der Waals surface area contributed by atoms with E-state index in [0.717, 1.165) is 35.7 Å². The van der Waals surface area contributed by atoms with Crippen LogP contribution in [-0.4, -0.2) is 27.8 Å². The van der Waals surface area contributed by atoms with E-state index in [1.165, 1.54) is 29.1 Å². The molecule has 8 heteroatoms. The minimum Gasteiger partial charge on any atom is -0.497 e. The van der Waals surface area contributed by atoms with Crippen LogP contribution in [0, 0.1) is 10.1 Å². The van der Waals surface area contributed by atoms with Gasteiger partial charge in [-0.05, 0) is 47.9 Å². The van der Waals surface area contributed by atoms with Crippen LogP contribution in [0.3, 0.4) is 0 Å². The van der Waals surface area contributed by atoms with Crippen molar-refractivity contribution in [2.45, 2.75) is 37.6 Å². The topological polar surface area (TPSA) is 68.5 Å². The first-order valence-corrected chi connectivity index (χ1v) is 12.9. The van der Waals surface area contributed by atoms with Crippen LogP contribution in [0.4, 0.5) is 5.69 Å². The molecule has 5 rings (SSSR count). The number of ether oxygens (including phenoxy) is 1. The molecule has 170 valence electrons. The first-order chi connectivity index (χ1) is 16.1. The van der Waals surface area contributed by atoms with Gasteiger partial charge in [-0.1, -0.05) is 24.3 Å². The average Bonchev–Trinajstić information content (AvgIpc) is 3.39. The van der Waals surface area contributed by atoms with Gasteiger partial charge >= 0.3 is 0 Å². The van der Waals surface area contributed by atoms with E-state index in [-0.39, 0.29) is 16.7 Å². The number of hydrogen-bond acceptors (Lipinski definition) is 7. The Morgan fingerprint density at radius 3 is 2.76 bits per heavy atom. The van der Waals surface area contributed by atoms with Crippen molar-refractivity contribution in [1.29, 1.82) is 0 Å². The van der Waals surface area contributed by atoms with Gasteiger partial charge in [0, 0.05) is 35.5 Å². The molecule has 1 aliphatic carbocycles. The maximum absolute atomic E-state index is 11.1. The average molecular weight is 480 g/mol. The molecule has 1 fully saturated rings. The number of aromatic nitrogens is 1. The van der Waals surface area contributed by atoms with Gasteiger partial charge in [0.05, 0.1) is 34.7 Å². The van der Waals surface area contributed by atoms with E-state index in [4.69, 9.17) is 9.72 Å². The molecule has 3 aromatic rings. The first-order valence-electron chi connectivity index (χ1n) is 11.0. The second-order valence-electron chi connectivity index (χ2n) is 8.43. The maximum atomic E-state index is 11.1. The summed E-state index contributed by atoms with van der Waals surface area (Å²) < 4.78 is 5.40. The summed E-state index contributed by atoms with van der Waals surface area (Å²) in [5.74, 6) is 2.36. The Bertz CT molecular complexity index is 1170. The third-order valence-electron chi connectivity index (χ3n) is 6.08. The Kier molecular flexibility index (Phi) is 6.37. The van der Waals surface area contributed by atoms with Crippen LogP contribution in [0.2, 0.25) is 0 Å². The fraction of sp³-hybridized carbons (Fsp3) is 0.320. The minimum atomic E-state index is -0.351. The fourth-order valence-electron chi connectivity index (χ4n) is 4.11. The van der Waals surface area contributed by atoms with Crippen LogP contribution in [0.1, 0.15) is 46.6 Å². The summed E-state index contributed by atoms with van der Waals surface area (Å²) >= 11 is 3.57. The molecule has 0 bridgehead atoms. The lowest BCUT2D eigenvalue weighted by Crippen LogP contribution is -2.28. The van der Waals surface area contributed by atoms with Crippen LogP contribution in [-0.2, 0) is 12.8 Å². The highest BCUT2D eigenvalue weighted by molar-refractivity contribution is 8.02. The smallest absolute Gasteiger partial charge is 0.269 e. The Morgan fingerprint density at radius 1 is 1.21 bits per heavy atom. The molecule has 1 atom stereocenters. The molecule has 1 saturated carbocycles. The lowest BCUT2D eigenvalue weighted by Gasteiger charge is -2.31. The van der Waals surface area contributed by atoms with Crippen LogP contribution >= 0.6 is 23.1 Å². The van der Waals surface area contributed by atoms with E-state index < -0.39 is 0 Å². The Morgan fingerprint density at radius 2 is 2.03 bits per heavy atom. The van der Waals surface area contributed by atoms with Gasteiger partial charge in [-0.15, -0.1) is 23.1 Å². The van der Waals surface area contributed by atoms with Crippen LogP contribution < -0.4 is 4.74 Å². The van der Waals surface area contributed by atoms with Crippen molar-refractivity contribution in [2.75, 3.05) is 13.0 Å². The molecule has 33 heavy (non-hydrogen) atoms. The number of benzene rings is 2. The van der Waals surface area contributed by atoms with Crippen LogP contribution in [0.5, 0.6) is 5.75 Å². The van der Waals surface area contributed by atoms with Crippen molar-refractivity contribution < 1.29 is 9.66 Å². The van der Waals surface area contributed by atoms with Crippen molar-refractivity contribution >= 4 is 28.8 Å². The Balaban J connectivity index is 1.42. The SMILES string of the molecule is COc1cccc(CC2=CSCN2[C@@H](Cc2ccc([N+](=O)[O-])cc2)c2csc(C3CC3)n2)c1. The monoisotopic (exact) mass is 479 g/mol. The number of hydrogen-bond donors (Lipinski definition) is 0. The zero-order chi connectivity index (χ0) is 22.8. The number of rotatable bonds is 9. The molecule has 0 saturated heterocycles. The predicted molar refractivity (Wildman–Crippen MR) is 133 cm³/mol. The summed E-state index contributed by atoms with van der Waals surface area (Å²) in [5, 5.41) is 16.8. The lowest BCUT2D eigenvalue weighted by atomic mass is 10.0. The van der Waals surface area contributed by atoms with E-state index in [0.29, 0.717) is 5.92 Å². The number of allylic oxidation sites excluding steroid dienone is 1. The molecule has 2 aromatic carbocycles. The standard InChI is InChI=1S/C25H25N3O3S2/c1-31-22-4-2-3-18(12-22)11-21-14-32-16-27(21)24(23-15-33-25(26-23)19-7-8-19)13-17-5-9-20(10-6-17)28(29)30/h2-6,9-10,12,14-15,19,24H,7-8,11,13,16H2,1H3/t24-/m0/s1. The number of methoxy groups -OCH3 is 1. The van der Waals surface area contributed by atoms with Crippen molar-refractivity contribution in [1.82, 2.24) is 9.88 Å². The molecular weight excluding hydrogens is 454 g/mol. The van der Waals surface area contributed by atoms with Gasteiger partial charge in [-0.25, -0.2) is 4.98 Å². The van der Waals surface area contributed by atoms with Gasteiger partial charge < -0.3 is 9.64 Å². The number of nitro groups is 1. The van der Waals surface area contributed by atoms with E-state index >= 15 is 0 Å². The summed E-state index contributed by atoms with van der Waals surface area (Å²) in [4.78, 5) is 18.2. The molecule has 2 heterocycles. The van der Waals surface area contributed by atoms with Crippen molar-refractivity contribution in [2.24, 2.45) is 0 Å². The van der Waals surface area contributed by atoms with Gasteiger partial charge in [-0.2, -0.15) is 0 Å². The van der Waals surface area contributed by atoms with Gasteiger partial charge in [0.1, 0.15) is 5.75 Å². The minimum absolute atomic E-state index is 0.0852. The van der Waals surface area contributed by atoms with Crippen molar-refractivity contribution in [3.05, 3.63) is 97.0 Å². The molecular formula is C25H25N3O3S2. The largest absolute Gasteiger partial charge is 0.497 e. The summed E-state index contributed by atoms with van der Waals surface area (Å²) in [6.07, 6.45) is 4.05. The first kappa shape index (κ1) is 22.0. The number of thiazole rings is 1. The molecule has 0 amide bonds. The van der Waals surface area contributed by atoms with Gasteiger partial charge in [0.25, 0.3) is 5.69 Å². The van der Waals surface area contributed by atoms with Gasteiger partial charge in [0.15, 0.2) is 0 Å². The number of nitrogens with zero attached hydrogens (tertiary/aromatic N) is 3. The molecule has 1 aliphatic heterocycles. The van der Waals surface area contributed by atoms with Crippen LogP contribution in [0.25, 0.3) is 0 Å². The molecule has 0 spiro atoms. The summed E-state index contributed by atoms with van der Waals surface area (Å²) in [6, 6.07) is 15.2. The second-order valence-corrected chi connectivity index (χ2v) is 10.1. The molecule has 0 unspecified atom stereocenters. The third-order valence-corrected chi connectivity index (χ3v) is 7.97. The van der Waals surface area contributed by atoms with Gasteiger partial charge in [-0.3, -0.25) is 10.1 Å². The second kappa shape index (κ2) is 9.57. The number of thioether (sulfide) groups is 1. The molecule has 1 aromatic heterocycles. The highest BCUT2D eigenvalue weighted by Crippen LogP contribution is 2.43. The summed E-state index contributed by atoms with van der Waals surface area (Å²) in [6.45, 7) is 0. The molecule has 0 N–H and O–H groups in total. The number of nitro benzene ring substituents is 1. The maximum Gasteiger partial charge on any atom is 0.269 e. The van der Waals surface area contributed by atoms with Crippen molar-refractivity contribution in [3.8, 4) is 5.75 Å². The quantitative estimate of drug-likeness (QED) is 0.265. The van der Waals surface area contributed by atoms with E-state index in [9.17, 15) is 10.1 Å². The zero-order valence-electron chi connectivity index (χ0n) is 18.3. The third kappa shape index (κ3) is 5.07. The highest BCUT2D eigenvalue weighted by Gasteiger charge is 2.31. The van der Waals surface area contributed by atoms with Gasteiger partial charge in [0.2, 0.25) is 0 Å². The lowest BCUT2D eigenvalue weighted by molar-refractivity contribution is -0.384. The van der Waals surface area contributed by atoms with Crippen LogP contribution in [0.15, 0.2) is 65.0 Å². The molecule has 0 radical (unpaired) electrons. The fourth-order valence-corrected chi connectivity index (χ4v) is 6.14. The Labute approximate surface area is 201 Å². The molecule has 2 aliphatic rings. The van der Waals surface area contributed by atoms with E-state index in [2.05, 4.69) is 27.8 Å².